The molecule has 176 valence electrons. The Kier molecular flexibility index (Phi) is 7.32. The Balaban J connectivity index is 1.39. The van der Waals surface area contributed by atoms with Gasteiger partial charge in [0.2, 0.25) is 5.91 Å². The van der Waals surface area contributed by atoms with E-state index in [0.717, 1.165) is 34.2 Å². The van der Waals surface area contributed by atoms with E-state index < -0.39 is 0 Å². The summed E-state index contributed by atoms with van der Waals surface area (Å²) in [5.74, 6) is 1.59. The number of carbonyl (C=O) groups excluding carboxylic acids is 1. The molecule has 4 rings (SSSR count). The number of thioether (sulfide) groups is 1. The predicted molar refractivity (Wildman–Crippen MR) is 132 cm³/mol. The molecule has 0 fully saturated rings. The van der Waals surface area contributed by atoms with Crippen molar-refractivity contribution in [3.05, 3.63) is 82.9 Å². The lowest BCUT2D eigenvalue weighted by Gasteiger charge is -2.12. The molecule has 1 N–H and O–H groups in total. The van der Waals surface area contributed by atoms with E-state index >= 15 is 0 Å². The van der Waals surface area contributed by atoms with E-state index in [9.17, 15) is 4.79 Å². The number of benzene rings is 2. The molecule has 4 aromatic rings. The van der Waals surface area contributed by atoms with E-state index in [4.69, 9.17) is 4.74 Å². The molecule has 0 atom stereocenters. The summed E-state index contributed by atoms with van der Waals surface area (Å²) in [6, 6.07) is 17.9. The monoisotopic (exact) mass is 476 g/mol. The summed E-state index contributed by atoms with van der Waals surface area (Å²) < 4.78 is 9.37. The molecule has 0 aliphatic heterocycles. The van der Waals surface area contributed by atoms with Crippen LogP contribution in [0, 0.1) is 20.8 Å². The van der Waals surface area contributed by atoms with Crippen molar-refractivity contribution in [1.29, 1.82) is 0 Å². The first kappa shape index (κ1) is 23.6. The van der Waals surface area contributed by atoms with Gasteiger partial charge in [-0.3, -0.25) is 14.0 Å². The second-order valence-electron chi connectivity index (χ2n) is 7.90. The van der Waals surface area contributed by atoms with Crippen molar-refractivity contribution in [2.75, 3.05) is 12.9 Å². The molecule has 34 heavy (non-hydrogen) atoms. The van der Waals surface area contributed by atoms with Crippen LogP contribution in [0.5, 0.6) is 5.75 Å². The molecule has 0 bridgehead atoms. The van der Waals surface area contributed by atoms with Crippen molar-refractivity contribution < 1.29 is 9.53 Å². The highest BCUT2D eigenvalue weighted by molar-refractivity contribution is 7.99. The van der Waals surface area contributed by atoms with Gasteiger partial charge in [-0.1, -0.05) is 54.2 Å². The highest BCUT2D eigenvalue weighted by Gasteiger charge is 2.17. The number of carbonyl (C=O) groups is 1. The number of aryl methyl sites for hydroxylation is 2. The first-order valence-corrected chi connectivity index (χ1v) is 12.0. The van der Waals surface area contributed by atoms with Gasteiger partial charge in [0.1, 0.15) is 11.6 Å². The van der Waals surface area contributed by atoms with Gasteiger partial charge in [0, 0.05) is 17.8 Å². The third-order valence-corrected chi connectivity index (χ3v) is 6.55. The molecular weight excluding hydrogens is 448 g/mol. The number of aromatic nitrogens is 5. The Morgan fingerprint density at radius 3 is 2.53 bits per heavy atom. The summed E-state index contributed by atoms with van der Waals surface area (Å²) in [4.78, 5) is 12.6. The molecule has 0 aliphatic carbocycles. The first-order chi connectivity index (χ1) is 16.5. The number of rotatable bonds is 9. The first-order valence-electron chi connectivity index (χ1n) is 11.0. The molecule has 0 spiro atoms. The maximum Gasteiger partial charge on any atom is 0.230 e. The van der Waals surface area contributed by atoms with Crippen molar-refractivity contribution in [3.8, 4) is 11.4 Å². The molecule has 0 aliphatic rings. The predicted octanol–water partition coefficient (Wildman–Crippen LogP) is 3.85. The quantitative estimate of drug-likeness (QED) is 0.369. The fourth-order valence-corrected chi connectivity index (χ4v) is 4.62. The smallest absolute Gasteiger partial charge is 0.230 e. The zero-order valence-electron chi connectivity index (χ0n) is 19.8. The van der Waals surface area contributed by atoms with Gasteiger partial charge in [0.15, 0.2) is 5.16 Å². The summed E-state index contributed by atoms with van der Waals surface area (Å²) in [6.07, 6.45) is 0. The summed E-state index contributed by atoms with van der Waals surface area (Å²) >= 11 is 1.34. The van der Waals surface area contributed by atoms with Gasteiger partial charge >= 0.3 is 0 Å². The van der Waals surface area contributed by atoms with E-state index in [1.54, 1.807) is 7.11 Å². The van der Waals surface area contributed by atoms with Crippen LogP contribution in [-0.2, 0) is 17.9 Å². The fraction of sp³-hybridized carbons (Fsp3) is 0.280. The van der Waals surface area contributed by atoms with Crippen molar-refractivity contribution in [2.24, 2.45) is 0 Å². The third-order valence-electron chi connectivity index (χ3n) is 5.62. The lowest BCUT2D eigenvalue weighted by atomic mass is 10.2. The molecule has 0 saturated heterocycles. The highest BCUT2D eigenvalue weighted by Crippen LogP contribution is 2.28. The minimum Gasteiger partial charge on any atom is -0.495 e. The zero-order chi connectivity index (χ0) is 24.1. The van der Waals surface area contributed by atoms with Gasteiger partial charge in [0.05, 0.1) is 30.8 Å². The summed E-state index contributed by atoms with van der Waals surface area (Å²) in [5.41, 5.74) is 5.05. The van der Waals surface area contributed by atoms with Crippen LogP contribution in [0.3, 0.4) is 0 Å². The van der Waals surface area contributed by atoms with Crippen LogP contribution in [0.2, 0.25) is 0 Å². The molecule has 0 unspecified atom stereocenters. The summed E-state index contributed by atoms with van der Waals surface area (Å²) in [5, 5.41) is 16.8. The van der Waals surface area contributed by atoms with Crippen LogP contribution in [0.1, 0.15) is 28.3 Å². The maximum absolute atomic E-state index is 12.6. The second kappa shape index (κ2) is 10.6. The number of ether oxygens (including phenoxy) is 1. The van der Waals surface area contributed by atoms with Gasteiger partial charge in [0.25, 0.3) is 0 Å². The largest absolute Gasteiger partial charge is 0.495 e. The molecule has 9 heteroatoms. The minimum absolute atomic E-state index is 0.0770. The summed E-state index contributed by atoms with van der Waals surface area (Å²) in [6.45, 7) is 7.03. The van der Waals surface area contributed by atoms with Crippen LogP contribution >= 0.6 is 11.8 Å². The van der Waals surface area contributed by atoms with E-state index in [-0.39, 0.29) is 11.7 Å². The maximum atomic E-state index is 12.6. The average Bonchev–Trinajstić information content (AvgIpc) is 3.34. The van der Waals surface area contributed by atoms with Gasteiger partial charge < -0.3 is 10.1 Å². The SMILES string of the molecule is COc1ccccc1-n1c(C)nnc1SCC(=O)NCc1c(C)nn(Cc2ccccc2)c1C. The Labute approximate surface area is 203 Å². The van der Waals surface area contributed by atoms with Gasteiger partial charge in [-0.15, -0.1) is 10.2 Å². The van der Waals surface area contributed by atoms with E-state index in [1.807, 2.05) is 72.5 Å². The molecule has 0 saturated carbocycles. The van der Waals surface area contributed by atoms with E-state index in [2.05, 4.69) is 32.7 Å². The number of nitrogens with zero attached hydrogens (tertiary/aromatic N) is 5. The van der Waals surface area contributed by atoms with E-state index in [1.165, 1.54) is 17.3 Å². The molecule has 0 radical (unpaired) electrons. The van der Waals surface area contributed by atoms with Gasteiger partial charge in [-0.05, 0) is 38.5 Å². The number of amides is 1. The lowest BCUT2D eigenvalue weighted by molar-refractivity contribution is -0.118. The Bertz CT molecular complexity index is 1280. The van der Waals surface area contributed by atoms with E-state index in [0.29, 0.717) is 18.2 Å². The number of para-hydroxylation sites is 2. The molecule has 2 heterocycles. The Morgan fingerprint density at radius 2 is 1.76 bits per heavy atom. The van der Waals surface area contributed by atoms with Crippen LogP contribution in [0.4, 0.5) is 0 Å². The normalized spacial score (nSPS) is 10.9. The van der Waals surface area contributed by atoms with Crippen molar-refractivity contribution >= 4 is 17.7 Å². The van der Waals surface area contributed by atoms with Crippen LogP contribution < -0.4 is 10.1 Å². The molecule has 2 aromatic heterocycles. The number of nitrogens with one attached hydrogen (secondary N) is 1. The number of methoxy groups -OCH3 is 1. The van der Waals surface area contributed by atoms with Crippen LogP contribution in [0.25, 0.3) is 5.69 Å². The second-order valence-corrected chi connectivity index (χ2v) is 8.84. The molecule has 8 nitrogen and oxygen atoms in total. The molecular formula is C25H28N6O2S. The standard InChI is InChI=1S/C25H28N6O2S/c1-17-21(18(2)30(29-17)15-20-10-6-5-7-11-20)14-26-24(32)16-34-25-28-27-19(3)31(25)22-12-8-9-13-23(22)33-4/h5-13H,14-16H2,1-4H3,(H,26,32). The molecule has 2 aromatic carbocycles. The Hall–Kier alpha value is -3.59. The molecule has 1 amide bonds. The van der Waals surface area contributed by atoms with Gasteiger partial charge in [-0.2, -0.15) is 5.10 Å². The highest BCUT2D eigenvalue weighted by atomic mass is 32.2. The lowest BCUT2D eigenvalue weighted by Crippen LogP contribution is -2.25. The van der Waals surface area contributed by atoms with Crippen molar-refractivity contribution in [2.45, 2.75) is 39.0 Å². The number of hydrogen-bond donors (Lipinski definition) is 1. The zero-order valence-corrected chi connectivity index (χ0v) is 20.6. The van der Waals surface area contributed by atoms with Crippen molar-refractivity contribution in [1.82, 2.24) is 29.9 Å². The average molecular weight is 477 g/mol. The van der Waals surface area contributed by atoms with Crippen molar-refractivity contribution in [3.63, 3.8) is 0 Å². The number of hydrogen-bond acceptors (Lipinski definition) is 6. The van der Waals surface area contributed by atoms with Crippen LogP contribution in [-0.4, -0.2) is 43.3 Å². The fourth-order valence-electron chi connectivity index (χ4n) is 3.80. The van der Waals surface area contributed by atoms with Gasteiger partial charge in [-0.25, -0.2) is 0 Å². The topological polar surface area (TPSA) is 86.9 Å². The summed E-state index contributed by atoms with van der Waals surface area (Å²) in [7, 11) is 1.63. The minimum atomic E-state index is -0.0770. The van der Waals surface area contributed by atoms with Crippen LogP contribution in [0.15, 0.2) is 59.8 Å². The third kappa shape index (κ3) is 5.14. The Morgan fingerprint density at radius 1 is 1.03 bits per heavy atom.